The number of hydrogen-bond donors (Lipinski definition) is 0. The van der Waals surface area contributed by atoms with E-state index in [4.69, 9.17) is 33.3 Å². The van der Waals surface area contributed by atoms with E-state index < -0.39 is 38.2 Å². The van der Waals surface area contributed by atoms with E-state index in [1.54, 1.807) is 13.8 Å². The molecular formula is C13H16ClNO6S2. The van der Waals surface area contributed by atoms with Crippen LogP contribution in [0.4, 0.5) is 0 Å². The Bertz CT molecular complexity index is 699. The second-order valence-electron chi connectivity index (χ2n) is 5.49. The summed E-state index contributed by atoms with van der Waals surface area (Å²) in [5, 5.41) is -2.33. The van der Waals surface area contributed by atoms with Crippen molar-refractivity contribution in [2.24, 2.45) is 0 Å². The molecule has 0 aliphatic carbocycles. The number of halogens is 1. The second-order valence-corrected chi connectivity index (χ2v) is 8.43. The molecule has 2 heterocycles. The zero-order valence-electron chi connectivity index (χ0n) is 12.7. The topological polar surface area (TPSA) is 90.0 Å². The number of sulfone groups is 1. The number of carbonyl (C=O) groups excluding carboxylic acids is 2. The summed E-state index contributed by atoms with van der Waals surface area (Å²) in [6, 6.07) is 0. The van der Waals surface area contributed by atoms with Crippen molar-refractivity contribution in [3.63, 3.8) is 0 Å². The highest BCUT2D eigenvalue weighted by atomic mass is 35.5. The van der Waals surface area contributed by atoms with Crippen molar-refractivity contribution >= 4 is 50.6 Å². The lowest BCUT2D eigenvalue weighted by Crippen LogP contribution is -2.68. The van der Waals surface area contributed by atoms with Crippen molar-refractivity contribution in [2.75, 3.05) is 12.4 Å². The Labute approximate surface area is 144 Å². The van der Waals surface area contributed by atoms with E-state index in [-0.39, 0.29) is 29.0 Å². The summed E-state index contributed by atoms with van der Waals surface area (Å²) in [5.74, 6) is -1.53. The minimum Gasteiger partial charge on any atom is -0.479 e. The molecule has 0 aromatic carbocycles. The van der Waals surface area contributed by atoms with Crippen molar-refractivity contribution in [2.45, 2.75) is 37.6 Å². The monoisotopic (exact) mass is 381 g/mol. The molecule has 2 aliphatic heterocycles. The summed E-state index contributed by atoms with van der Waals surface area (Å²) < 4.78 is 34.9. The van der Waals surface area contributed by atoms with Gasteiger partial charge in [-0.25, -0.2) is 8.42 Å². The fraction of sp³-hybridized carbons (Fsp3) is 0.615. The summed E-state index contributed by atoms with van der Waals surface area (Å²) in [4.78, 5) is 24.1. The number of nitrogens with zero attached hydrogens (tertiary/aromatic N) is 1. The molecule has 2 rings (SSSR count). The molecule has 23 heavy (non-hydrogen) atoms. The number of esters is 1. The molecule has 0 saturated carbocycles. The number of fused-ring (bicyclic) bond motifs is 1. The Balaban J connectivity index is 2.47. The molecule has 0 bridgehead atoms. The first-order chi connectivity index (χ1) is 10.6. The number of rotatable bonds is 4. The average Bonchev–Trinajstić information content (AvgIpc) is 2.41. The van der Waals surface area contributed by atoms with E-state index in [2.05, 4.69) is 0 Å². The summed E-state index contributed by atoms with van der Waals surface area (Å²) in [5.41, 5.74) is 0.371. The third-order valence-corrected chi connectivity index (χ3v) is 6.12. The molecule has 2 atom stereocenters. The molecule has 2 aliphatic rings. The minimum absolute atomic E-state index is 0.0148. The number of alkyl halides is 1. The molecule has 0 aromatic rings. The zero-order valence-corrected chi connectivity index (χ0v) is 15.1. The van der Waals surface area contributed by atoms with Crippen molar-refractivity contribution < 1.29 is 27.5 Å². The summed E-state index contributed by atoms with van der Waals surface area (Å²) >= 11 is 11.0. The van der Waals surface area contributed by atoms with Gasteiger partial charge in [0.1, 0.15) is 17.7 Å². The van der Waals surface area contributed by atoms with Crippen molar-refractivity contribution in [1.29, 1.82) is 0 Å². The van der Waals surface area contributed by atoms with Gasteiger partial charge in [0.25, 0.3) is 0 Å². The van der Waals surface area contributed by atoms with E-state index in [0.717, 1.165) is 4.90 Å². The Kier molecular flexibility index (Phi) is 5.03. The maximum atomic E-state index is 12.3. The quantitative estimate of drug-likeness (QED) is 0.307. The van der Waals surface area contributed by atoms with Gasteiger partial charge in [0.05, 0.1) is 11.9 Å². The summed E-state index contributed by atoms with van der Waals surface area (Å²) in [6.07, 6.45) is -0.259. The highest BCUT2D eigenvalue weighted by Crippen LogP contribution is 2.40. The zero-order chi connectivity index (χ0) is 17.5. The lowest BCUT2D eigenvalue weighted by Gasteiger charge is -2.47. The van der Waals surface area contributed by atoms with E-state index in [0.29, 0.717) is 0 Å². The van der Waals surface area contributed by atoms with E-state index in [1.165, 1.54) is 6.92 Å². The van der Waals surface area contributed by atoms with Crippen LogP contribution < -0.4 is 0 Å². The van der Waals surface area contributed by atoms with Crippen LogP contribution in [0.1, 0.15) is 20.8 Å². The van der Waals surface area contributed by atoms with Crippen molar-refractivity contribution in [1.82, 2.24) is 4.90 Å². The van der Waals surface area contributed by atoms with Gasteiger partial charge in [0, 0.05) is 12.5 Å². The maximum absolute atomic E-state index is 12.3. The lowest BCUT2D eigenvalue weighted by molar-refractivity contribution is -0.140. The van der Waals surface area contributed by atoms with E-state index in [9.17, 15) is 18.0 Å². The molecule has 7 nitrogen and oxygen atoms in total. The molecule has 0 N–H and O–H groups in total. The Morgan fingerprint density at radius 1 is 1.48 bits per heavy atom. The molecule has 128 valence electrons. The summed E-state index contributed by atoms with van der Waals surface area (Å²) in [7, 11) is -3.69. The lowest BCUT2D eigenvalue weighted by atomic mass is 10.1. The van der Waals surface area contributed by atoms with Crippen molar-refractivity contribution in [3.8, 4) is 0 Å². The Morgan fingerprint density at radius 3 is 2.61 bits per heavy atom. The van der Waals surface area contributed by atoms with Crippen LogP contribution in [0.3, 0.4) is 0 Å². The number of carbonyl (C=O) groups is 2. The van der Waals surface area contributed by atoms with E-state index >= 15 is 0 Å². The number of thiocarbonyl (C=S) groups is 1. The maximum Gasteiger partial charge on any atom is 0.302 e. The fourth-order valence-electron chi connectivity index (χ4n) is 2.39. The fourth-order valence-corrected chi connectivity index (χ4v) is 5.40. The van der Waals surface area contributed by atoms with Gasteiger partial charge in [0.15, 0.2) is 15.2 Å². The standard InChI is InChI=1S/C13H16ClNO6S2/c1-6(2)21-13(22)10-8(4-20-7(3)16)5-23(18,19)12-9(14)11(17)15(10)12/h6,9,12H,4-5H2,1-3H3/t9-,12?/m0/s1. The van der Waals surface area contributed by atoms with Crippen LogP contribution in [0, 0.1) is 0 Å². The van der Waals surface area contributed by atoms with Gasteiger partial charge in [-0.2, -0.15) is 0 Å². The largest absolute Gasteiger partial charge is 0.479 e. The first-order valence-electron chi connectivity index (χ1n) is 6.81. The van der Waals surface area contributed by atoms with Gasteiger partial charge in [-0.15, -0.1) is 11.6 Å². The number of β-lactam (4-membered cyclic amide) rings is 1. The molecule has 10 heteroatoms. The Morgan fingerprint density at radius 2 is 2.09 bits per heavy atom. The van der Waals surface area contributed by atoms with Gasteiger partial charge in [-0.3, -0.25) is 14.5 Å². The number of ether oxygens (including phenoxy) is 2. The molecule has 0 radical (unpaired) electrons. The average molecular weight is 382 g/mol. The van der Waals surface area contributed by atoms with Gasteiger partial charge < -0.3 is 9.47 Å². The van der Waals surface area contributed by atoms with Crippen LogP contribution in [0.15, 0.2) is 11.3 Å². The smallest absolute Gasteiger partial charge is 0.302 e. The van der Waals surface area contributed by atoms with Gasteiger partial charge in [-0.1, -0.05) is 0 Å². The van der Waals surface area contributed by atoms with Crippen LogP contribution in [0.5, 0.6) is 0 Å². The molecule has 1 amide bonds. The van der Waals surface area contributed by atoms with Crippen molar-refractivity contribution in [3.05, 3.63) is 11.3 Å². The van der Waals surface area contributed by atoms with Crippen LogP contribution in [0.25, 0.3) is 0 Å². The normalized spacial score (nSPS) is 25.8. The highest BCUT2D eigenvalue weighted by Gasteiger charge is 2.59. The molecular weight excluding hydrogens is 366 g/mol. The third kappa shape index (κ3) is 3.36. The van der Waals surface area contributed by atoms with Crippen LogP contribution in [0.2, 0.25) is 0 Å². The first kappa shape index (κ1) is 18.2. The molecule has 1 fully saturated rings. The Hall–Kier alpha value is -1.19. The molecule has 0 aromatic heterocycles. The van der Waals surface area contributed by atoms with Crippen LogP contribution in [-0.2, 0) is 28.9 Å². The first-order valence-corrected chi connectivity index (χ1v) is 9.37. The number of hydrogen-bond acceptors (Lipinski definition) is 7. The molecule has 0 spiro atoms. The van der Waals surface area contributed by atoms with Crippen LogP contribution in [-0.4, -0.2) is 59.5 Å². The third-order valence-electron chi connectivity index (χ3n) is 3.28. The second kappa shape index (κ2) is 6.37. The summed E-state index contributed by atoms with van der Waals surface area (Å²) in [6.45, 7) is 4.41. The number of amides is 1. The molecule has 1 saturated heterocycles. The minimum atomic E-state index is -3.69. The van der Waals surface area contributed by atoms with Gasteiger partial charge in [0.2, 0.25) is 11.0 Å². The SMILES string of the molecule is CC(=O)OCC1=C(C(=S)OC(C)C)N2C(=O)[C@H](Cl)C2S(=O)(=O)C1. The van der Waals surface area contributed by atoms with Gasteiger partial charge >= 0.3 is 5.97 Å². The predicted molar refractivity (Wildman–Crippen MR) is 86.5 cm³/mol. The van der Waals surface area contributed by atoms with Gasteiger partial charge in [-0.05, 0) is 26.1 Å². The van der Waals surface area contributed by atoms with E-state index in [1.807, 2.05) is 0 Å². The predicted octanol–water partition coefficient (Wildman–Crippen LogP) is 0.760. The highest BCUT2D eigenvalue weighted by molar-refractivity contribution is 7.92. The molecule has 1 unspecified atom stereocenters. The van der Waals surface area contributed by atoms with Crippen LogP contribution >= 0.6 is 23.8 Å².